The fourth-order valence-corrected chi connectivity index (χ4v) is 4.19. The summed E-state index contributed by atoms with van der Waals surface area (Å²) in [4.78, 5) is 11.3. The van der Waals surface area contributed by atoms with Gasteiger partial charge in [-0.05, 0) is 43.4 Å². The van der Waals surface area contributed by atoms with E-state index in [1.807, 2.05) is 0 Å². The molecule has 6 unspecified atom stereocenters. The molecule has 0 aromatic carbocycles. The summed E-state index contributed by atoms with van der Waals surface area (Å²) in [6.45, 7) is 3.43. The van der Waals surface area contributed by atoms with Gasteiger partial charge in [0, 0.05) is 12.0 Å². The van der Waals surface area contributed by atoms with Gasteiger partial charge in [-0.15, -0.1) is 0 Å². The molecular formula is C13H18O3. The first kappa shape index (κ1) is 10.3. The van der Waals surface area contributed by atoms with Crippen molar-refractivity contribution in [2.75, 3.05) is 0 Å². The average molecular weight is 222 g/mol. The molecule has 0 spiro atoms. The topological polar surface area (TPSA) is 46.5 Å². The largest absolute Gasteiger partial charge is 0.459 e. The zero-order valence-corrected chi connectivity index (χ0v) is 9.34. The Bertz CT molecular complexity index is 325. The molecule has 3 heteroatoms. The number of carbonyl (C=O) groups excluding carboxylic acids is 1. The molecule has 1 N–H and O–H groups in total. The molecule has 0 aromatic heterocycles. The Balaban J connectivity index is 1.79. The Morgan fingerprint density at radius 2 is 2.00 bits per heavy atom. The fourth-order valence-electron chi connectivity index (χ4n) is 4.19. The van der Waals surface area contributed by atoms with Gasteiger partial charge in [0.05, 0.1) is 6.10 Å². The van der Waals surface area contributed by atoms with Crippen molar-refractivity contribution in [3.05, 3.63) is 12.7 Å². The van der Waals surface area contributed by atoms with Crippen molar-refractivity contribution >= 4 is 5.97 Å². The summed E-state index contributed by atoms with van der Waals surface area (Å²) in [5.41, 5.74) is 0. The standard InChI is InChI=1S/C13H18O3/c1-2-11(14)16-13-9-4-7-3-8(6-9)12(15)10(13)5-7/h2,7-10,12-13,15H,1,3-6H2. The van der Waals surface area contributed by atoms with E-state index < -0.39 is 0 Å². The van der Waals surface area contributed by atoms with Crippen LogP contribution in [0.25, 0.3) is 0 Å². The molecule has 0 heterocycles. The van der Waals surface area contributed by atoms with Crippen LogP contribution in [0.3, 0.4) is 0 Å². The molecule has 0 radical (unpaired) electrons. The number of rotatable bonds is 2. The van der Waals surface area contributed by atoms with Gasteiger partial charge < -0.3 is 9.84 Å². The summed E-state index contributed by atoms with van der Waals surface area (Å²) in [5, 5.41) is 10.2. The van der Waals surface area contributed by atoms with E-state index in [4.69, 9.17) is 4.74 Å². The number of carbonyl (C=O) groups is 1. The molecule has 16 heavy (non-hydrogen) atoms. The van der Waals surface area contributed by atoms with Gasteiger partial charge in [0.1, 0.15) is 6.10 Å². The number of aliphatic hydroxyl groups is 1. The fraction of sp³-hybridized carbons (Fsp3) is 0.769. The summed E-state index contributed by atoms with van der Waals surface area (Å²) >= 11 is 0. The van der Waals surface area contributed by atoms with Crippen LogP contribution in [0.5, 0.6) is 0 Å². The van der Waals surface area contributed by atoms with E-state index in [1.165, 1.54) is 18.9 Å². The Morgan fingerprint density at radius 1 is 1.25 bits per heavy atom. The molecule has 3 nitrogen and oxygen atoms in total. The van der Waals surface area contributed by atoms with E-state index in [0.29, 0.717) is 11.8 Å². The van der Waals surface area contributed by atoms with Crippen molar-refractivity contribution in [3.63, 3.8) is 0 Å². The molecule has 88 valence electrons. The second-order valence-corrected chi connectivity index (χ2v) is 5.59. The monoisotopic (exact) mass is 222 g/mol. The normalized spacial score (nSPS) is 49.1. The van der Waals surface area contributed by atoms with Gasteiger partial charge in [-0.2, -0.15) is 0 Å². The van der Waals surface area contributed by atoms with Crippen LogP contribution in [0.4, 0.5) is 0 Å². The van der Waals surface area contributed by atoms with Crippen molar-refractivity contribution in [2.24, 2.45) is 23.7 Å². The number of esters is 1. The van der Waals surface area contributed by atoms with Gasteiger partial charge in [0.15, 0.2) is 0 Å². The minimum absolute atomic E-state index is 0.0618. The smallest absolute Gasteiger partial charge is 0.330 e. The number of hydrogen-bond acceptors (Lipinski definition) is 3. The first-order valence-electron chi connectivity index (χ1n) is 6.20. The molecule has 6 atom stereocenters. The predicted molar refractivity (Wildman–Crippen MR) is 58.5 cm³/mol. The van der Waals surface area contributed by atoms with E-state index >= 15 is 0 Å². The van der Waals surface area contributed by atoms with Crippen LogP contribution in [-0.4, -0.2) is 23.3 Å². The zero-order chi connectivity index (χ0) is 11.3. The summed E-state index contributed by atoms with van der Waals surface area (Å²) < 4.78 is 5.43. The molecule has 0 saturated heterocycles. The highest BCUT2D eigenvalue weighted by Crippen LogP contribution is 2.54. The molecule has 4 bridgehead atoms. The van der Waals surface area contributed by atoms with Crippen molar-refractivity contribution in [2.45, 2.75) is 37.9 Å². The molecule has 0 aromatic rings. The third kappa shape index (κ3) is 1.41. The Hall–Kier alpha value is -0.830. The van der Waals surface area contributed by atoms with Gasteiger partial charge in [0.25, 0.3) is 0 Å². The predicted octanol–water partition coefficient (Wildman–Crippen LogP) is 1.51. The van der Waals surface area contributed by atoms with Gasteiger partial charge in [-0.3, -0.25) is 0 Å². The summed E-state index contributed by atoms with van der Waals surface area (Å²) in [6, 6.07) is 0. The van der Waals surface area contributed by atoms with Crippen molar-refractivity contribution < 1.29 is 14.6 Å². The van der Waals surface area contributed by atoms with E-state index in [0.717, 1.165) is 18.8 Å². The van der Waals surface area contributed by atoms with Gasteiger partial charge >= 0.3 is 5.97 Å². The van der Waals surface area contributed by atoms with E-state index in [2.05, 4.69) is 6.58 Å². The lowest BCUT2D eigenvalue weighted by Crippen LogP contribution is -2.57. The highest BCUT2D eigenvalue weighted by Gasteiger charge is 2.54. The molecule has 0 amide bonds. The number of hydrogen-bond donors (Lipinski definition) is 1. The Kier molecular flexibility index (Phi) is 2.32. The second-order valence-electron chi connectivity index (χ2n) is 5.59. The molecular weight excluding hydrogens is 204 g/mol. The van der Waals surface area contributed by atoms with Crippen LogP contribution in [0.15, 0.2) is 12.7 Å². The van der Waals surface area contributed by atoms with Crippen molar-refractivity contribution in [1.29, 1.82) is 0 Å². The van der Waals surface area contributed by atoms with Crippen molar-refractivity contribution in [3.8, 4) is 0 Å². The quantitative estimate of drug-likeness (QED) is 0.569. The highest BCUT2D eigenvalue weighted by atomic mass is 16.5. The Labute approximate surface area is 95.5 Å². The van der Waals surface area contributed by atoms with Crippen LogP contribution < -0.4 is 0 Å². The summed E-state index contributed by atoms with van der Waals surface area (Å²) in [7, 11) is 0. The lowest BCUT2D eigenvalue weighted by atomic mass is 9.53. The maximum absolute atomic E-state index is 11.3. The molecule has 4 saturated carbocycles. The van der Waals surface area contributed by atoms with E-state index in [9.17, 15) is 9.90 Å². The molecule has 4 rings (SSSR count). The minimum atomic E-state index is -0.343. The van der Waals surface area contributed by atoms with Gasteiger partial charge in [-0.1, -0.05) is 6.58 Å². The van der Waals surface area contributed by atoms with E-state index in [-0.39, 0.29) is 24.1 Å². The molecule has 4 aliphatic carbocycles. The third-order valence-electron chi connectivity index (χ3n) is 4.71. The van der Waals surface area contributed by atoms with E-state index in [1.54, 1.807) is 0 Å². The minimum Gasteiger partial charge on any atom is -0.459 e. The zero-order valence-electron chi connectivity index (χ0n) is 9.34. The maximum Gasteiger partial charge on any atom is 0.330 e. The van der Waals surface area contributed by atoms with Crippen LogP contribution in [-0.2, 0) is 9.53 Å². The van der Waals surface area contributed by atoms with Gasteiger partial charge in [-0.25, -0.2) is 4.79 Å². The summed E-state index contributed by atoms with van der Waals surface area (Å²) in [5.74, 6) is 1.54. The van der Waals surface area contributed by atoms with Crippen LogP contribution >= 0.6 is 0 Å². The lowest BCUT2D eigenvalue weighted by molar-refractivity contribution is -0.188. The molecule has 4 aliphatic rings. The van der Waals surface area contributed by atoms with Crippen LogP contribution in [0.1, 0.15) is 25.7 Å². The number of ether oxygens (including phenoxy) is 1. The van der Waals surface area contributed by atoms with Crippen molar-refractivity contribution in [1.82, 2.24) is 0 Å². The molecule has 4 fully saturated rings. The maximum atomic E-state index is 11.3. The highest BCUT2D eigenvalue weighted by molar-refractivity contribution is 5.81. The van der Waals surface area contributed by atoms with Gasteiger partial charge in [0.2, 0.25) is 0 Å². The lowest BCUT2D eigenvalue weighted by Gasteiger charge is -2.55. The SMILES string of the molecule is C=CC(=O)OC1C2CC3CC(C2)C(O)C1C3. The van der Waals surface area contributed by atoms with Crippen LogP contribution in [0.2, 0.25) is 0 Å². The van der Waals surface area contributed by atoms with Crippen LogP contribution in [0, 0.1) is 23.7 Å². The third-order valence-corrected chi connectivity index (χ3v) is 4.71. The Morgan fingerprint density at radius 3 is 2.75 bits per heavy atom. The first-order chi connectivity index (χ1) is 7.69. The average Bonchev–Trinajstić information content (AvgIpc) is 2.29. The first-order valence-corrected chi connectivity index (χ1v) is 6.20. The molecule has 0 aliphatic heterocycles. The summed E-state index contributed by atoms with van der Waals surface area (Å²) in [6.07, 6.45) is 5.32. The second kappa shape index (κ2) is 3.59. The number of aliphatic hydroxyl groups excluding tert-OH is 1.